The zero-order valence-corrected chi connectivity index (χ0v) is 15.7. The van der Waals surface area contributed by atoms with E-state index in [1.54, 1.807) is 0 Å². The van der Waals surface area contributed by atoms with Crippen LogP contribution in [0.4, 0.5) is 5.69 Å². The molecular formula is C21H25N3O2. The quantitative estimate of drug-likeness (QED) is 0.606. The van der Waals surface area contributed by atoms with Crippen molar-refractivity contribution in [1.82, 2.24) is 9.97 Å². The van der Waals surface area contributed by atoms with Gasteiger partial charge in [0, 0.05) is 17.8 Å². The first-order chi connectivity index (χ1) is 12.5. The van der Waals surface area contributed by atoms with E-state index >= 15 is 0 Å². The number of pyridine rings is 1. The lowest BCUT2D eigenvalue weighted by atomic mass is 9.99. The van der Waals surface area contributed by atoms with E-state index in [4.69, 9.17) is 0 Å². The minimum atomic E-state index is -0.990. The molecule has 3 aromatic rings. The number of carboxylic acid groups (broad SMARTS) is 1. The van der Waals surface area contributed by atoms with Crippen LogP contribution in [-0.2, 0) is 19.4 Å². The minimum Gasteiger partial charge on any atom is -0.477 e. The van der Waals surface area contributed by atoms with E-state index < -0.39 is 5.97 Å². The van der Waals surface area contributed by atoms with Crippen molar-refractivity contribution in [2.45, 2.75) is 47.1 Å². The molecule has 0 aliphatic heterocycles. The van der Waals surface area contributed by atoms with Crippen LogP contribution in [0, 0.1) is 13.8 Å². The molecule has 0 spiro atoms. The molecule has 0 saturated heterocycles. The van der Waals surface area contributed by atoms with Crippen LogP contribution in [-0.4, -0.2) is 21.0 Å². The molecule has 3 rings (SSSR count). The number of carboxylic acids is 1. The Balaban J connectivity index is 2.11. The summed E-state index contributed by atoms with van der Waals surface area (Å²) in [5, 5.41) is 13.1. The summed E-state index contributed by atoms with van der Waals surface area (Å²) in [5.74, 6) is -0.990. The van der Waals surface area contributed by atoms with Gasteiger partial charge in [0.25, 0.3) is 0 Å². The highest BCUT2D eigenvalue weighted by atomic mass is 16.4. The maximum absolute atomic E-state index is 11.7. The Bertz CT molecular complexity index is 973. The van der Waals surface area contributed by atoms with Crippen molar-refractivity contribution in [3.8, 4) is 0 Å². The number of anilines is 1. The molecule has 5 nitrogen and oxygen atoms in total. The van der Waals surface area contributed by atoms with Gasteiger partial charge in [-0.15, -0.1) is 0 Å². The average molecular weight is 351 g/mol. The number of benzene rings is 1. The maximum atomic E-state index is 11.7. The minimum absolute atomic E-state index is 0.127. The van der Waals surface area contributed by atoms with Gasteiger partial charge in [-0.05, 0) is 49.4 Å². The number of hydrogen-bond donors (Lipinski definition) is 3. The fourth-order valence-electron chi connectivity index (χ4n) is 3.55. The number of rotatable bonds is 6. The molecule has 26 heavy (non-hydrogen) atoms. The van der Waals surface area contributed by atoms with Gasteiger partial charge >= 0.3 is 5.97 Å². The molecule has 0 bridgehead atoms. The predicted molar refractivity (Wildman–Crippen MR) is 105 cm³/mol. The first-order valence-electron chi connectivity index (χ1n) is 9.02. The van der Waals surface area contributed by atoms with E-state index in [0.717, 1.165) is 28.9 Å². The van der Waals surface area contributed by atoms with Crippen molar-refractivity contribution < 1.29 is 9.90 Å². The van der Waals surface area contributed by atoms with Gasteiger partial charge in [0.05, 0.1) is 16.7 Å². The Morgan fingerprint density at radius 1 is 1.19 bits per heavy atom. The van der Waals surface area contributed by atoms with Crippen LogP contribution < -0.4 is 5.32 Å². The molecule has 0 radical (unpaired) electrons. The molecule has 2 heterocycles. The number of aryl methyl sites for hydroxylation is 3. The first-order valence-corrected chi connectivity index (χ1v) is 9.02. The van der Waals surface area contributed by atoms with Gasteiger partial charge in [-0.1, -0.05) is 32.0 Å². The molecule has 1 aromatic carbocycles. The molecule has 0 atom stereocenters. The topological polar surface area (TPSA) is 78.0 Å². The third-order valence-electron chi connectivity index (χ3n) is 4.89. The number of aromatic amines is 1. The van der Waals surface area contributed by atoms with Gasteiger partial charge in [0.2, 0.25) is 0 Å². The molecule has 0 fully saturated rings. The Morgan fingerprint density at radius 2 is 1.96 bits per heavy atom. The van der Waals surface area contributed by atoms with Gasteiger partial charge in [-0.3, -0.25) is 0 Å². The Labute approximate surface area is 153 Å². The van der Waals surface area contributed by atoms with Crippen LogP contribution >= 0.6 is 0 Å². The Hall–Kier alpha value is -2.82. The van der Waals surface area contributed by atoms with E-state index in [-0.39, 0.29) is 5.69 Å². The van der Waals surface area contributed by atoms with E-state index in [2.05, 4.69) is 47.3 Å². The summed E-state index contributed by atoms with van der Waals surface area (Å²) in [6.45, 7) is 8.83. The predicted octanol–water partition coefficient (Wildman–Crippen LogP) is 4.61. The molecule has 0 aliphatic carbocycles. The summed E-state index contributed by atoms with van der Waals surface area (Å²) in [5.41, 5.74) is 8.03. The monoisotopic (exact) mass is 351 g/mol. The summed E-state index contributed by atoms with van der Waals surface area (Å²) in [4.78, 5) is 19.4. The number of fused-ring (bicyclic) bond motifs is 1. The second-order valence-electron chi connectivity index (χ2n) is 6.60. The van der Waals surface area contributed by atoms with E-state index in [9.17, 15) is 9.90 Å². The van der Waals surface area contributed by atoms with Crippen LogP contribution in [0.3, 0.4) is 0 Å². The summed E-state index contributed by atoms with van der Waals surface area (Å²) in [6, 6.07) is 8.23. The number of nitrogens with zero attached hydrogens (tertiary/aromatic N) is 1. The number of nitrogens with one attached hydrogen (secondary N) is 2. The second kappa shape index (κ2) is 7.20. The average Bonchev–Trinajstić information content (AvgIpc) is 2.99. The van der Waals surface area contributed by atoms with E-state index in [0.29, 0.717) is 18.5 Å². The highest BCUT2D eigenvalue weighted by Crippen LogP contribution is 2.30. The molecule has 3 N–H and O–H groups in total. The number of H-pyrrole nitrogens is 1. The fraction of sp³-hybridized carbons (Fsp3) is 0.333. The van der Waals surface area contributed by atoms with Crippen LogP contribution in [0.1, 0.15) is 52.3 Å². The number of carbonyl (C=O) groups is 1. The standard InChI is InChI=1S/C21H25N3O2/c1-5-14-9-7-8-12(3)16(14)11-22-18-15(6-2)19(21(25)26)24-17-10-13(4)23-20(17)18/h7-10,23H,5-6,11H2,1-4H3,(H,22,24)(H,25,26). The van der Waals surface area contributed by atoms with Crippen LogP contribution in [0.2, 0.25) is 0 Å². The Kier molecular flexibility index (Phi) is 4.98. The third kappa shape index (κ3) is 3.17. The lowest BCUT2D eigenvalue weighted by molar-refractivity contribution is 0.0689. The van der Waals surface area contributed by atoms with E-state index in [1.165, 1.54) is 16.7 Å². The summed E-state index contributed by atoms with van der Waals surface area (Å²) >= 11 is 0. The van der Waals surface area contributed by atoms with Gasteiger partial charge in [0.1, 0.15) is 0 Å². The highest BCUT2D eigenvalue weighted by molar-refractivity contribution is 5.98. The number of hydrogen-bond acceptors (Lipinski definition) is 3. The lowest BCUT2D eigenvalue weighted by Gasteiger charge is -2.17. The van der Waals surface area contributed by atoms with Crippen molar-refractivity contribution >= 4 is 22.7 Å². The lowest BCUT2D eigenvalue weighted by Crippen LogP contribution is -2.12. The van der Waals surface area contributed by atoms with Crippen molar-refractivity contribution in [3.05, 3.63) is 57.9 Å². The summed E-state index contributed by atoms with van der Waals surface area (Å²) < 4.78 is 0. The first kappa shape index (κ1) is 18.0. The van der Waals surface area contributed by atoms with Gasteiger partial charge < -0.3 is 15.4 Å². The molecule has 0 amide bonds. The van der Waals surface area contributed by atoms with Crippen LogP contribution in [0.5, 0.6) is 0 Å². The van der Waals surface area contributed by atoms with Crippen LogP contribution in [0.15, 0.2) is 24.3 Å². The molecule has 0 saturated carbocycles. The zero-order valence-electron chi connectivity index (χ0n) is 15.7. The van der Waals surface area contributed by atoms with Crippen molar-refractivity contribution in [1.29, 1.82) is 0 Å². The molecule has 5 heteroatoms. The molecular weight excluding hydrogens is 326 g/mol. The van der Waals surface area contributed by atoms with E-state index in [1.807, 2.05) is 19.9 Å². The molecule has 2 aromatic heterocycles. The SMILES string of the molecule is CCc1cccc(C)c1CNc1c(CC)c(C(=O)O)nc2cc(C)[nH]c12. The summed E-state index contributed by atoms with van der Waals surface area (Å²) in [6.07, 6.45) is 1.56. The third-order valence-corrected chi connectivity index (χ3v) is 4.89. The van der Waals surface area contributed by atoms with Crippen molar-refractivity contribution in [2.24, 2.45) is 0 Å². The Morgan fingerprint density at radius 3 is 2.62 bits per heavy atom. The molecule has 0 aliphatic rings. The van der Waals surface area contributed by atoms with Crippen molar-refractivity contribution in [3.63, 3.8) is 0 Å². The second-order valence-corrected chi connectivity index (χ2v) is 6.60. The maximum Gasteiger partial charge on any atom is 0.354 e. The number of aromatic nitrogens is 2. The highest BCUT2D eigenvalue weighted by Gasteiger charge is 2.20. The smallest absolute Gasteiger partial charge is 0.354 e. The van der Waals surface area contributed by atoms with Gasteiger partial charge in [0.15, 0.2) is 5.69 Å². The van der Waals surface area contributed by atoms with Gasteiger partial charge in [-0.25, -0.2) is 9.78 Å². The van der Waals surface area contributed by atoms with Crippen molar-refractivity contribution in [2.75, 3.05) is 5.32 Å². The summed E-state index contributed by atoms with van der Waals surface area (Å²) in [7, 11) is 0. The van der Waals surface area contributed by atoms with Gasteiger partial charge in [-0.2, -0.15) is 0 Å². The fourth-order valence-corrected chi connectivity index (χ4v) is 3.55. The number of aromatic carboxylic acids is 1. The largest absolute Gasteiger partial charge is 0.477 e. The van der Waals surface area contributed by atoms with Crippen LogP contribution in [0.25, 0.3) is 11.0 Å². The zero-order chi connectivity index (χ0) is 18.8. The normalized spacial score (nSPS) is 11.1. The molecule has 136 valence electrons. The molecule has 0 unspecified atom stereocenters.